The average Bonchev–Trinajstić information content (AvgIpc) is 2.79. The molecule has 6 nitrogen and oxygen atoms in total. The number of carbonyl (C=O) groups excluding carboxylic acids is 2. The highest BCUT2D eigenvalue weighted by Crippen LogP contribution is 2.31. The van der Waals surface area contributed by atoms with Crippen LogP contribution in [0.1, 0.15) is 47.3 Å². The molecule has 166 valence electrons. The molecule has 0 bridgehead atoms. The molecule has 32 heavy (non-hydrogen) atoms. The molecule has 0 spiro atoms. The van der Waals surface area contributed by atoms with Crippen molar-refractivity contribution in [2.45, 2.75) is 38.7 Å². The first-order valence-electron chi connectivity index (χ1n) is 10.7. The minimum atomic E-state index is -0.639. The van der Waals surface area contributed by atoms with Crippen LogP contribution in [0.2, 0.25) is 0 Å². The Kier molecular flexibility index (Phi) is 6.08. The molecule has 0 saturated carbocycles. The molecule has 1 aliphatic heterocycles. The van der Waals surface area contributed by atoms with Crippen molar-refractivity contribution < 1.29 is 18.7 Å². The van der Waals surface area contributed by atoms with E-state index in [9.17, 15) is 14.0 Å². The van der Waals surface area contributed by atoms with E-state index in [0.29, 0.717) is 35.4 Å². The number of halogens is 1. The number of hydrogen-bond acceptors (Lipinski definition) is 4. The number of piperidine rings is 1. The lowest BCUT2D eigenvalue weighted by Gasteiger charge is -2.34. The maximum atomic E-state index is 13.6. The molecule has 1 aromatic heterocycles. The van der Waals surface area contributed by atoms with Crippen LogP contribution in [-0.2, 0) is 4.79 Å². The third-order valence-corrected chi connectivity index (χ3v) is 5.87. The number of ether oxygens (including phenoxy) is 1. The summed E-state index contributed by atoms with van der Waals surface area (Å²) in [5.74, 6) is -0.628. The number of carbonyl (C=O) groups is 2. The maximum Gasteiger partial charge on any atom is 0.263 e. The van der Waals surface area contributed by atoms with Gasteiger partial charge in [-0.15, -0.1) is 0 Å². The number of likely N-dealkylation sites (tertiary alicyclic amines) is 1. The fourth-order valence-corrected chi connectivity index (χ4v) is 4.20. The number of aromatic nitrogens is 1. The number of aryl methyl sites for hydroxylation is 1. The lowest BCUT2D eigenvalue weighted by molar-refractivity contribution is -0.139. The summed E-state index contributed by atoms with van der Waals surface area (Å²) < 4.78 is 19.5. The van der Waals surface area contributed by atoms with Crippen molar-refractivity contribution in [1.82, 2.24) is 9.88 Å². The predicted octanol–water partition coefficient (Wildman–Crippen LogP) is 3.95. The summed E-state index contributed by atoms with van der Waals surface area (Å²) in [6.07, 6.45) is 0.908. The van der Waals surface area contributed by atoms with E-state index in [2.05, 4.69) is 4.98 Å². The molecule has 0 radical (unpaired) electrons. The summed E-state index contributed by atoms with van der Waals surface area (Å²) >= 11 is 0. The number of nitrogens with zero attached hydrogens (tertiary/aromatic N) is 2. The first kappa shape index (κ1) is 21.7. The van der Waals surface area contributed by atoms with Gasteiger partial charge in [-0.3, -0.25) is 14.6 Å². The van der Waals surface area contributed by atoms with E-state index in [1.54, 1.807) is 24.0 Å². The number of fused-ring (bicyclic) bond motifs is 1. The lowest BCUT2D eigenvalue weighted by atomic mass is 9.90. The van der Waals surface area contributed by atoms with Crippen molar-refractivity contribution in [3.63, 3.8) is 0 Å². The molecule has 0 aliphatic carbocycles. The molecule has 2 N–H and O–H groups in total. The van der Waals surface area contributed by atoms with Gasteiger partial charge in [-0.2, -0.15) is 0 Å². The summed E-state index contributed by atoms with van der Waals surface area (Å²) in [4.78, 5) is 31.6. The van der Waals surface area contributed by atoms with Gasteiger partial charge in [0.1, 0.15) is 11.6 Å². The fourth-order valence-electron chi connectivity index (χ4n) is 4.20. The molecule has 2 aromatic carbocycles. The monoisotopic (exact) mass is 435 g/mol. The molecular weight excluding hydrogens is 409 g/mol. The Morgan fingerprint density at radius 2 is 1.94 bits per heavy atom. The summed E-state index contributed by atoms with van der Waals surface area (Å²) in [5.41, 5.74) is 8.15. The minimum Gasteiger partial charge on any atom is -0.481 e. The minimum absolute atomic E-state index is 0.112. The first-order valence-corrected chi connectivity index (χ1v) is 10.7. The third kappa shape index (κ3) is 4.56. The number of primary amides is 1. The predicted molar refractivity (Wildman–Crippen MR) is 120 cm³/mol. The van der Waals surface area contributed by atoms with E-state index in [4.69, 9.17) is 10.5 Å². The molecule has 2 atom stereocenters. The number of rotatable bonds is 5. The number of pyridine rings is 1. The SMILES string of the molecule is Cc1ccc(OC(C)C(=O)N2CCCC(c3nc4ccc(F)cc4cc3C(N)=O)C2)cc1. The zero-order valence-corrected chi connectivity index (χ0v) is 18.2. The normalized spacial score (nSPS) is 17.2. The fraction of sp³-hybridized carbons (Fsp3) is 0.320. The molecule has 4 rings (SSSR count). The quantitative estimate of drug-likeness (QED) is 0.657. The highest BCUT2D eigenvalue weighted by atomic mass is 19.1. The standard InChI is InChI=1S/C25H26FN3O3/c1-15-5-8-20(9-6-15)32-16(2)25(31)29-11-3-4-17(14-29)23-21(24(27)30)13-18-12-19(26)7-10-22(18)28-23/h5-10,12-13,16-17H,3-4,11,14H2,1-2H3,(H2,27,30). The highest BCUT2D eigenvalue weighted by Gasteiger charge is 2.31. The van der Waals surface area contributed by atoms with Gasteiger partial charge in [0.05, 0.1) is 16.8 Å². The molecule has 1 fully saturated rings. The Balaban J connectivity index is 1.55. The number of nitrogens with two attached hydrogens (primary N) is 1. The topological polar surface area (TPSA) is 85.5 Å². The van der Waals surface area contributed by atoms with Crippen LogP contribution in [0.15, 0.2) is 48.5 Å². The van der Waals surface area contributed by atoms with Crippen LogP contribution in [-0.4, -0.2) is 40.9 Å². The van der Waals surface area contributed by atoms with Crippen LogP contribution in [0, 0.1) is 12.7 Å². The van der Waals surface area contributed by atoms with Crippen molar-refractivity contribution in [3.8, 4) is 5.75 Å². The van der Waals surface area contributed by atoms with Gasteiger partial charge >= 0.3 is 0 Å². The van der Waals surface area contributed by atoms with E-state index >= 15 is 0 Å². The van der Waals surface area contributed by atoms with Crippen LogP contribution < -0.4 is 10.5 Å². The Bertz CT molecular complexity index is 1160. The first-order chi connectivity index (χ1) is 15.3. The van der Waals surface area contributed by atoms with Crippen molar-refractivity contribution in [3.05, 3.63) is 71.2 Å². The second kappa shape index (κ2) is 8.94. The Labute approximate surface area is 186 Å². The van der Waals surface area contributed by atoms with Crippen LogP contribution >= 0.6 is 0 Å². The van der Waals surface area contributed by atoms with Gasteiger partial charge in [0.2, 0.25) is 0 Å². The maximum absolute atomic E-state index is 13.6. The second-order valence-electron chi connectivity index (χ2n) is 8.32. The summed E-state index contributed by atoms with van der Waals surface area (Å²) in [6, 6.07) is 13.4. The van der Waals surface area contributed by atoms with Gasteiger partial charge in [-0.25, -0.2) is 4.39 Å². The largest absolute Gasteiger partial charge is 0.481 e. The molecular formula is C25H26FN3O3. The van der Waals surface area contributed by atoms with Crippen LogP contribution in [0.25, 0.3) is 10.9 Å². The smallest absolute Gasteiger partial charge is 0.263 e. The van der Waals surface area contributed by atoms with Gasteiger partial charge in [0.25, 0.3) is 11.8 Å². The summed E-state index contributed by atoms with van der Waals surface area (Å²) in [7, 11) is 0. The molecule has 2 unspecified atom stereocenters. The zero-order valence-electron chi connectivity index (χ0n) is 18.2. The van der Waals surface area contributed by atoms with Crippen molar-refractivity contribution >= 4 is 22.7 Å². The van der Waals surface area contributed by atoms with Gasteiger partial charge in [-0.1, -0.05) is 17.7 Å². The van der Waals surface area contributed by atoms with Crippen LogP contribution in [0.3, 0.4) is 0 Å². The molecule has 2 heterocycles. The van der Waals surface area contributed by atoms with Gasteiger partial charge < -0.3 is 15.4 Å². The summed E-state index contributed by atoms with van der Waals surface area (Å²) in [6.45, 7) is 4.76. The van der Waals surface area contributed by atoms with Crippen molar-refractivity contribution in [2.75, 3.05) is 13.1 Å². The van der Waals surface area contributed by atoms with Crippen molar-refractivity contribution in [1.29, 1.82) is 0 Å². The number of hydrogen-bond donors (Lipinski definition) is 1. The van der Waals surface area contributed by atoms with E-state index in [0.717, 1.165) is 18.4 Å². The zero-order chi connectivity index (χ0) is 22.8. The van der Waals surface area contributed by atoms with E-state index in [-0.39, 0.29) is 17.4 Å². The van der Waals surface area contributed by atoms with Gasteiger partial charge in [-0.05, 0) is 63.1 Å². The number of benzene rings is 2. The van der Waals surface area contributed by atoms with E-state index in [1.807, 2.05) is 31.2 Å². The Morgan fingerprint density at radius 3 is 2.66 bits per heavy atom. The molecule has 2 amide bonds. The third-order valence-electron chi connectivity index (χ3n) is 5.87. The van der Waals surface area contributed by atoms with Crippen LogP contribution in [0.5, 0.6) is 5.75 Å². The molecule has 1 saturated heterocycles. The summed E-state index contributed by atoms with van der Waals surface area (Å²) in [5, 5.41) is 0.520. The molecule has 7 heteroatoms. The lowest BCUT2D eigenvalue weighted by Crippen LogP contribution is -2.45. The number of amides is 2. The van der Waals surface area contributed by atoms with Crippen molar-refractivity contribution in [2.24, 2.45) is 5.73 Å². The Morgan fingerprint density at radius 1 is 1.19 bits per heavy atom. The van der Waals surface area contributed by atoms with Gasteiger partial charge in [0, 0.05) is 24.4 Å². The second-order valence-corrected chi connectivity index (χ2v) is 8.32. The van der Waals surface area contributed by atoms with E-state index in [1.165, 1.54) is 12.1 Å². The van der Waals surface area contributed by atoms with E-state index < -0.39 is 17.8 Å². The average molecular weight is 435 g/mol. The Hall–Kier alpha value is -3.48. The molecule has 3 aromatic rings. The molecule has 1 aliphatic rings. The van der Waals surface area contributed by atoms with Crippen LogP contribution in [0.4, 0.5) is 4.39 Å². The van der Waals surface area contributed by atoms with Gasteiger partial charge in [0.15, 0.2) is 6.10 Å². The highest BCUT2D eigenvalue weighted by molar-refractivity contribution is 5.98.